The molecular formula is C22H43NaO4. The number of aliphatic hydroxyl groups is 2. The van der Waals surface area contributed by atoms with Crippen molar-refractivity contribution in [3.63, 3.8) is 0 Å². The Morgan fingerprint density at radius 2 is 1.15 bits per heavy atom. The van der Waals surface area contributed by atoms with E-state index in [1.165, 1.54) is 44.9 Å². The second-order valence-electron chi connectivity index (χ2n) is 7.85. The van der Waals surface area contributed by atoms with E-state index in [0.717, 1.165) is 38.5 Å². The molecule has 0 unspecified atom stereocenters. The zero-order valence-electron chi connectivity index (χ0n) is 18.3. The molecule has 2 N–H and O–H groups in total. The molecule has 0 aromatic carbocycles. The Hall–Kier alpha value is 0.390. The minimum absolute atomic E-state index is 0. The third-order valence-corrected chi connectivity index (χ3v) is 5.29. The Labute approximate surface area is 189 Å². The van der Waals surface area contributed by atoms with Crippen LogP contribution in [-0.4, -0.2) is 28.4 Å². The summed E-state index contributed by atoms with van der Waals surface area (Å²) in [6, 6.07) is 0. The first-order valence-electron chi connectivity index (χ1n) is 11.1. The van der Waals surface area contributed by atoms with E-state index >= 15 is 0 Å². The van der Waals surface area contributed by atoms with Crippen molar-refractivity contribution in [1.29, 1.82) is 0 Å². The molecule has 3 atom stereocenters. The molecular weight excluding hydrogens is 351 g/mol. The van der Waals surface area contributed by atoms with Gasteiger partial charge in [-0.2, -0.15) is 0 Å². The molecule has 0 bridgehead atoms. The van der Waals surface area contributed by atoms with Gasteiger partial charge in [0.2, 0.25) is 0 Å². The summed E-state index contributed by atoms with van der Waals surface area (Å²) in [4.78, 5) is 11.3. The van der Waals surface area contributed by atoms with E-state index in [9.17, 15) is 20.1 Å². The molecule has 0 aliphatic rings. The van der Waals surface area contributed by atoms with Crippen molar-refractivity contribution in [2.45, 2.75) is 129 Å². The molecule has 0 spiro atoms. The Bertz CT molecular complexity index is 325. The van der Waals surface area contributed by atoms with Crippen LogP contribution >= 0.6 is 0 Å². The number of carboxylic acids is 1. The third kappa shape index (κ3) is 18.2. The molecule has 156 valence electrons. The van der Waals surface area contributed by atoms with Crippen LogP contribution in [0.2, 0.25) is 0 Å². The van der Waals surface area contributed by atoms with Crippen molar-refractivity contribution in [3.05, 3.63) is 0 Å². The van der Waals surface area contributed by atoms with Gasteiger partial charge in [0, 0.05) is 11.9 Å². The third-order valence-electron chi connectivity index (χ3n) is 5.29. The fourth-order valence-electron chi connectivity index (χ4n) is 3.51. The smallest absolute Gasteiger partial charge is 0.550 e. The van der Waals surface area contributed by atoms with Gasteiger partial charge >= 0.3 is 29.6 Å². The van der Waals surface area contributed by atoms with Gasteiger partial charge in [0.15, 0.2) is 0 Å². The van der Waals surface area contributed by atoms with Gasteiger partial charge in [-0.1, -0.05) is 97.3 Å². The largest absolute Gasteiger partial charge is 1.00 e. The minimum Gasteiger partial charge on any atom is -0.550 e. The van der Waals surface area contributed by atoms with Crippen molar-refractivity contribution in [2.24, 2.45) is 5.92 Å². The quantitative estimate of drug-likeness (QED) is 0.256. The van der Waals surface area contributed by atoms with Crippen LogP contribution in [0.15, 0.2) is 0 Å². The van der Waals surface area contributed by atoms with Gasteiger partial charge in [0.05, 0.1) is 12.2 Å². The van der Waals surface area contributed by atoms with Crippen LogP contribution in [0.5, 0.6) is 0 Å². The average Bonchev–Trinajstić information content (AvgIpc) is 2.59. The topological polar surface area (TPSA) is 80.6 Å². The van der Waals surface area contributed by atoms with Crippen molar-refractivity contribution in [2.75, 3.05) is 0 Å². The van der Waals surface area contributed by atoms with Crippen LogP contribution in [0, 0.1) is 5.92 Å². The molecule has 0 aliphatic carbocycles. The number of carboxylic acid groups (broad SMARTS) is 1. The first kappa shape index (κ1) is 29.6. The molecule has 27 heavy (non-hydrogen) atoms. The van der Waals surface area contributed by atoms with E-state index in [-0.39, 0.29) is 36.0 Å². The van der Waals surface area contributed by atoms with E-state index in [0.29, 0.717) is 12.8 Å². The van der Waals surface area contributed by atoms with Crippen LogP contribution in [0.4, 0.5) is 0 Å². The number of hydrogen-bond donors (Lipinski definition) is 2. The Morgan fingerprint density at radius 3 is 1.63 bits per heavy atom. The SMILES string of the molecule is CCCCCCCCCCC[C@H](O)C[C@H](O)[C@H](CCCCCC)C(=O)[O-].[Na+]. The number of unbranched alkanes of at least 4 members (excludes halogenated alkanes) is 11. The number of carbonyl (C=O) groups excluding carboxylic acids is 1. The molecule has 0 rings (SSSR count). The van der Waals surface area contributed by atoms with Crippen LogP contribution in [0.3, 0.4) is 0 Å². The molecule has 0 radical (unpaired) electrons. The van der Waals surface area contributed by atoms with Crippen molar-refractivity contribution < 1.29 is 49.7 Å². The Balaban J connectivity index is 0. The standard InChI is InChI=1S/C22H44O4.Na/c1-3-5-7-9-10-11-12-13-14-16-19(23)18-21(24)20(22(25)26)17-15-8-6-4-2;/h19-21,23-24H,3-18H2,1-2H3,(H,25,26);/q;+1/p-1/t19-,20-,21-;/m0./s1. The molecule has 0 saturated heterocycles. The van der Waals surface area contributed by atoms with Gasteiger partial charge < -0.3 is 20.1 Å². The van der Waals surface area contributed by atoms with Gasteiger partial charge in [-0.3, -0.25) is 0 Å². The first-order chi connectivity index (χ1) is 12.5. The molecule has 0 fully saturated rings. The number of hydrogen-bond acceptors (Lipinski definition) is 4. The summed E-state index contributed by atoms with van der Waals surface area (Å²) >= 11 is 0. The van der Waals surface area contributed by atoms with Crippen LogP contribution in [0.1, 0.15) is 117 Å². The zero-order valence-corrected chi connectivity index (χ0v) is 20.3. The Morgan fingerprint density at radius 1 is 0.741 bits per heavy atom. The molecule has 4 nitrogen and oxygen atoms in total. The molecule has 5 heteroatoms. The second-order valence-corrected chi connectivity index (χ2v) is 7.85. The van der Waals surface area contributed by atoms with E-state index in [2.05, 4.69) is 13.8 Å². The van der Waals surface area contributed by atoms with E-state index in [1.54, 1.807) is 0 Å². The van der Waals surface area contributed by atoms with Gasteiger partial charge in [-0.25, -0.2) is 0 Å². The van der Waals surface area contributed by atoms with Gasteiger partial charge in [0.25, 0.3) is 0 Å². The number of rotatable bonds is 19. The molecule has 0 aromatic rings. The maximum atomic E-state index is 11.3. The normalized spacial score (nSPS) is 14.4. The zero-order chi connectivity index (χ0) is 19.6. The molecule has 0 aromatic heterocycles. The van der Waals surface area contributed by atoms with Crippen LogP contribution in [0.25, 0.3) is 0 Å². The molecule has 0 saturated carbocycles. The van der Waals surface area contributed by atoms with Crippen molar-refractivity contribution >= 4 is 5.97 Å². The summed E-state index contributed by atoms with van der Waals surface area (Å²) in [6.07, 6.45) is 14.6. The number of aliphatic hydroxyl groups excluding tert-OH is 2. The maximum absolute atomic E-state index is 11.3. The predicted octanol–water partition coefficient (Wildman–Crippen LogP) is 1.36. The monoisotopic (exact) mass is 394 g/mol. The van der Waals surface area contributed by atoms with E-state index in [1.807, 2.05) is 0 Å². The fourth-order valence-corrected chi connectivity index (χ4v) is 3.51. The molecule has 0 amide bonds. The summed E-state index contributed by atoms with van der Waals surface area (Å²) in [7, 11) is 0. The van der Waals surface area contributed by atoms with Gasteiger partial charge in [-0.05, 0) is 19.3 Å². The Kier molecular flexibility index (Phi) is 23.1. The van der Waals surface area contributed by atoms with Crippen LogP contribution in [-0.2, 0) is 4.79 Å². The molecule has 0 heterocycles. The first-order valence-corrected chi connectivity index (χ1v) is 11.1. The summed E-state index contributed by atoms with van der Waals surface area (Å²) in [5.41, 5.74) is 0. The van der Waals surface area contributed by atoms with Gasteiger partial charge in [-0.15, -0.1) is 0 Å². The fraction of sp³-hybridized carbons (Fsp3) is 0.955. The number of carbonyl (C=O) groups is 1. The van der Waals surface area contributed by atoms with E-state index in [4.69, 9.17) is 0 Å². The number of aliphatic carboxylic acids is 1. The molecule has 0 aliphatic heterocycles. The van der Waals surface area contributed by atoms with Gasteiger partial charge in [0.1, 0.15) is 0 Å². The van der Waals surface area contributed by atoms with Crippen LogP contribution < -0.4 is 34.7 Å². The minimum atomic E-state index is -1.19. The van der Waals surface area contributed by atoms with E-state index < -0.39 is 24.1 Å². The van der Waals surface area contributed by atoms with Crippen molar-refractivity contribution in [1.82, 2.24) is 0 Å². The second kappa shape index (κ2) is 21.1. The average molecular weight is 395 g/mol. The summed E-state index contributed by atoms with van der Waals surface area (Å²) < 4.78 is 0. The summed E-state index contributed by atoms with van der Waals surface area (Å²) in [5, 5.41) is 31.5. The summed E-state index contributed by atoms with van der Waals surface area (Å²) in [5.74, 6) is -2.05. The van der Waals surface area contributed by atoms with Crippen molar-refractivity contribution in [3.8, 4) is 0 Å². The maximum Gasteiger partial charge on any atom is 1.00 e. The summed E-state index contributed by atoms with van der Waals surface area (Å²) in [6.45, 7) is 4.33. The predicted molar refractivity (Wildman–Crippen MR) is 106 cm³/mol.